The third-order valence-electron chi connectivity index (χ3n) is 5.09. The Bertz CT molecular complexity index is 829. The Morgan fingerprint density at radius 2 is 1.66 bits per heavy atom. The van der Waals surface area contributed by atoms with Crippen LogP contribution in [0.5, 0.6) is 11.5 Å². The van der Waals surface area contributed by atoms with E-state index in [0.717, 1.165) is 35.8 Å². The molecule has 0 atom stereocenters. The number of benzene rings is 2. The first-order valence-electron chi connectivity index (χ1n) is 9.99. The molecule has 3 rings (SSSR count). The van der Waals surface area contributed by atoms with Gasteiger partial charge in [0, 0.05) is 37.3 Å². The first-order chi connectivity index (χ1) is 14.0. The van der Waals surface area contributed by atoms with Crippen molar-refractivity contribution in [3.8, 4) is 11.5 Å². The number of carbonyl (C=O) groups excluding carboxylic acids is 1. The Hall–Kier alpha value is -2.73. The summed E-state index contributed by atoms with van der Waals surface area (Å²) in [6.07, 6.45) is 0.113. The van der Waals surface area contributed by atoms with Crippen LogP contribution in [0.25, 0.3) is 0 Å². The van der Waals surface area contributed by atoms with E-state index in [-0.39, 0.29) is 12.0 Å². The zero-order valence-corrected chi connectivity index (χ0v) is 17.7. The fourth-order valence-corrected chi connectivity index (χ4v) is 3.50. The molecule has 1 aliphatic heterocycles. The van der Waals surface area contributed by atoms with Crippen molar-refractivity contribution in [3.63, 3.8) is 0 Å². The van der Waals surface area contributed by atoms with Gasteiger partial charge in [0.1, 0.15) is 11.5 Å². The van der Waals surface area contributed by atoms with Crippen LogP contribution >= 0.6 is 0 Å². The molecule has 6 heteroatoms. The Labute approximate surface area is 173 Å². The van der Waals surface area contributed by atoms with Gasteiger partial charge in [-0.05, 0) is 44.2 Å². The van der Waals surface area contributed by atoms with Gasteiger partial charge in [-0.2, -0.15) is 0 Å². The Morgan fingerprint density at radius 1 is 0.966 bits per heavy atom. The maximum absolute atomic E-state index is 13.1. The smallest absolute Gasteiger partial charge is 0.253 e. The summed E-state index contributed by atoms with van der Waals surface area (Å²) < 4.78 is 16.6. The van der Waals surface area contributed by atoms with Gasteiger partial charge in [-0.15, -0.1) is 0 Å². The lowest BCUT2D eigenvalue weighted by atomic mass is 10.1. The summed E-state index contributed by atoms with van der Waals surface area (Å²) in [5.74, 6) is 1.64. The molecule has 2 aromatic rings. The minimum atomic E-state index is 0.0399. The minimum Gasteiger partial charge on any atom is -0.496 e. The number of ether oxygens (including phenoxy) is 3. The molecule has 1 heterocycles. The largest absolute Gasteiger partial charge is 0.496 e. The predicted octanol–water partition coefficient (Wildman–Crippen LogP) is 3.59. The molecule has 2 aromatic carbocycles. The van der Waals surface area contributed by atoms with Gasteiger partial charge >= 0.3 is 0 Å². The average Bonchev–Trinajstić information content (AvgIpc) is 2.77. The number of rotatable bonds is 7. The number of hydrogen-bond donors (Lipinski definition) is 0. The van der Waals surface area contributed by atoms with Crippen LogP contribution in [0.3, 0.4) is 0 Å². The van der Waals surface area contributed by atoms with Gasteiger partial charge in [-0.25, -0.2) is 0 Å². The number of nitrogens with zero attached hydrogens (tertiary/aromatic N) is 2. The summed E-state index contributed by atoms with van der Waals surface area (Å²) in [6, 6.07) is 13.5. The monoisotopic (exact) mass is 398 g/mol. The molecule has 1 saturated heterocycles. The number of para-hydroxylation sites is 2. The number of hydrogen-bond acceptors (Lipinski definition) is 5. The van der Waals surface area contributed by atoms with Crippen LogP contribution in [0.1, 0.15) is 29.8 Å². The van der Waals surface area contributed by atoms with Gasteiger partial charge in [0.05, 0.1) is 32.6 Å². The van der Waals surface area contributed by atoms with E-state index in [1.165, 1.54) is 0 Å². The van der Waals surface area contributed by atoms with E-state index in [1.54, 1.807) is 14.2 Å². The highest BCUT2D eigenvalue weighted by molar-refractivity contribution is 5.94. The van der Waals surface area contributed by atoms with E-state index in [0.29, 0.717) is 25.3 Å². The molecular formula is C23H30N2O4. The first kappa shape index (κ1) is 21.0. The second-order valence-corrected chi connectivity index (χ2v) is 7.34. The Balaban J connectivity index is 1.68. The highest BCUT2D eigenvalue weighted by Gasteiger charge is 2.24. The molecule has 0 saturated carbocycles. The normalized spacial score (nSPS) is 14.2. The van der Waals surface area contributed by atoms with Crippen molar-refractivity contribution in [1.29, 1.82) is 0 Å². The van der Waals surface area contributed by atoms with Crippen LogP contribution in [0.2, 0.25) is 0 Å². The maximum Gasteiger partial charge on any atom is 0.253 e. The average molecular weight is 399 g/mol. The molecule has 0 aromatic heterocycles. The third kappa shape index (κ3) is 5.01. The van der Waals surface area contributed by atoms with Crippen molar-refractivity contribution in [1.82, 2.24) is 4.90 Å². The van der Waals surface area contributed by atoms with E-state index in [2.05, 4.69) is 11.0 Å². The van der Waals surface area contributed by atoms with Crippen molar-refractivity contribution < 1.29 is 19.0 Å². The van der Waals surface area contributed by atoms with E-state index < -0.39 is 0 Å². The van der Waals surface area contributed by atoms with Crippen molar-refractivity contribution in [2.24, 2.45) is 0 Å². The number of methoxy groups -OCH3 is 2. The molecule has 0 bridgehead atoms. The summed E-state index contributed by atoms with van der Waals surface area (Å²) in [6.45, 7) is 7.27. The van der Waals surface area contributed by atoms with Crippen molar-refractivity contribution in [2.75, 3.05) is 45.3 Å². The van der Waals surface area contributed by atoms with E-state index in [1.807, 2.05) is 55.1 Å². The number of amides is 1. The highest BCUT2D eigenvalue weighted by atomic mass is 16.5. The highest BCUT2D eigenvalue weighted by Crippen LogP contribution is 2.29. The number of piperazine rings is 1. The first-order valence-corrected chi connectivity index (χ1v) is 9.99. The lowest BCUT2D eigenvalue weighted by molar-refractivity contribution is 0.0642. The summed E-state index contributed by atoms with van der Waals surface area (Å²) in [4.78, 5) is 17.2. The zero-order chi connectivity index (χ0) is 20.8. The van der Waals surface area contributed by atoms with Crippen molar-refractivity contribution >= 4 is 11.6 Å². The fraction of sp³-hybridized carbons (Fsp3) is 0.435. The Morgan fingerprint density at radius 3 is 2.31 bits per heavy atom. The zero-order valence-electron chi connectivity index (χ0n) is 17.7. The second kappa shape index (κ2) is 9.65. The fourth-order valence-electron chi connectivity index (χ4n) is 3.50. The minimum absolute atomic E-state index is 0.0399. The van der Waals surface area contributed by atoms with Crippen LogP contribution in [0, 0.1) is 0 Å². The second-order valence-electron chi connectivity index (χ2n) is 7.34. The van der Waals surface area contributed by atoms with Crippen LogP contribution in [0.4, 0.5) is 5.69 Å². The summed E-state index contributed by atoms with van der Waals surface area (Å²) in [5.41, 5.74) is 2.62. The molecule has 0 aliphatic carbocycles. The molecule has 6 nitrogen and oxygen atoms in total. The lowest BCUT2D eigenvalue weighted by Crippen LogP contribution is -2.48. The number of carbonyl (C=O) groups is 1. The third-order valence-corrected chi connectivity index (χ3v) is 5.09. The molecule has 156 valence electrons. The topological polar surface area (TPSA) is 51.2 Å². The summed E-state index contributed by atoms with van der Waals surface area (Å²) >= 11 is 0. The Kier molecular flexibility index (Phi) is 6.99. The molecule has 0 N–H and O–H groups in total. The molecule has 1 amide bonds. The van der Waals surface area contributed by atoms with Crippen LogP contribution in [0.15, 0.2) is 42.5 Å². The standard InChI is InChI=1S/C23H30N2O4/c1-17(2)29-16-19-15-18(9-10-21(19)27-3)23(26)25-13-11-24(12-14-25)20-7-5-6-8-22(20)28-4/h5-10,15,17H,11-14,16H2,1-4H3. The van der Waals surface area contributed by atoms with Crippen LogP contribution in [-0.4, -0.2) is 57.3 Å². The van der Waals surface area contributed by atoms with Crippen molar-refractivity contribution in [3.05, 3.63) is 53.6 Å². The molecule has 1 aliphatic rings. The number of anilines is 1. The summed E-state index contributed by atoms with van der Waals surface area (Å²) in [5, 5.41) is 0. The van der Waals surface area contributed by atoms with Gasteiger partial charge in [-0.1, -0.05) is 12.1 Å². The van der Waals surface area contributed by atoms with Gasteiger partial charge in [0.2, 0.25) is 0 Å². The lowest BCUT2D eigenvalue weighted by Gasteiger charge is -2.36. The van der Waals surface area contributed by atoms with Gasteiger partial charge < -0.3 is 24.0 Å². The quantitative estimate of drug-likeness (QED) is 0.713. The SMILES string of the molecule is COc1ccc(C(=O)N2CCN(c3ccccc3OC)CC2)cc1COC(C)C. The molecular weight excluding hydrogens is 368 g/mol. The summed E-state index contributed by atoms with van der Waals surface area (Å²) in [7, 11) is 3.32. The van der Waals surface area contributed by atoms with E-state index in [4.69, 9.17) is 14.2 Å². The molecule has 0 unspecified atom stereocenters. The van der Waals surface area contributed by atoms with Crippen LogP contribution in [-0.2, 0) is 11.3 Å². The maximum atomic E-state index is 13.1. The van der Waals surface area contributed by atoms with Gasteiger partial charge in [-0.3, -0.25) is 4.79 Å². The van der Waals surface area contributed by atoms with Crippen molar-refractivity contribution in [2.45, 2.75) is 26.6 Å². The molecule has 1 fully saturated rings. The van der Waals surface area contributed by atoms with Crippen LogP contribution < -0.4 is 14.4 Å². The van der Waals surface area contributed by atoms with Gasteiger partial charge in [0.15, 0.2) is 0 Å². The molecule has 0 spiro atoms. The molecule has 29 heavy (non-hydrogen) atoms. The van der Waals surface area contributed by atoms with Gasteiger partial charge in [0.25, 0.3) is 5.91 Å². The molecule has 0 radical (unpaired) electrons. The van der Waals surface area contributed by atoms with E-state index in [9.17, 15) is 4.79 Å². The van der Waals surface area contributed by atoms with E-state index >= 15 is 0 Å². The predicted molar refractivity (Wildman–Crippen MR) is 114 cm³/mol.